The third-order valence-electron chi connectivity index (χ3n) is 3.21. The summed E-state index contributed by atoms with van der Waals surface area (Å²) in [4.78, 5) is 2.44. The Bertz CT molecular complexity index is 440. The Morgan fingerprint density at radius 1 is 1.55 bits per heavy atom. The Kier molecular flexibility index (Phi) is 7.38. The molecule has 1 aromatic rings. The lowest BCUT2D eigenvalue weighted by molar-refractivity contribution is 0.199. The number of rotatable bonds is 5. The van der Waals surface area contributed by atoms with Gasteiger partial charge in [-0.05, 0) is 24.6 Å². The number of benzene rings is 1. The first-order valence-corrected chi connectivity index (χ1v) is 7.04. The van der Waals surface area contributed by atoms with E-state index in [0.29, 0.717) is 17.7 Å². The predicted molar refractivity (Wildman–Crippen MR) is 87.1 cm³/mol. The van der Waals surface area contributed by atoms with Gasteiger partial charge >= 0.3 is 0 Å². The Morgan fingerprint density at radius 2 is 2.35 bits per heavy atom. The maximum absolute atomic E-state index is 6.22. The van der Waals surface area contributed by atoms with E-state index in [4.69, 9.17) is 16.3 Å². The number of nitrogens with one attached hydrogen (secondary N) is 1. The third-order valence-corrected chi connectivity index (χ3v) is 3.51. The minimum Gasteiger partial charge on any atom is -0.488 e. The predicted octanol–water partition coefficient (Wildman–Crippen LogP) is 3.12. The SMILES string of the molecule is C=CCOc1ccc(CN2CCN[C@@H](C)C2)cc1Cl.Cl. The Labute approximate surface area is 132 Å². The second-order valence-electron chi connectivity index (χ2n) is 4.95. The van der Waals surface area contributed by atoms with Gasteiger partial charge in [-0.15, -0.1) is 12.4 Å². The van der Waals surface area contributed by atoms with E-state index in [1.807, 2.05) is 12.1 Å². The van der Waals surface area contributed by atoms with Gasteiger partial charge < -0.3 is 10.1 Å². The van der Waals surface area contributed by atoms with Crippen molar-refractivity contribution in [2.45, 2.75) is 19.5 Å². The molecule has 5 heteroatoms. The van der Waals surface area contributed by atoms with Gasteiger partial charge in [0, 0.05) is 32.2 Å². The molecular weight excluding hydrogens is 295 g/mol. The quantitative estimate of drug-likeness (QED) is 0.845. The molecule has 1 saturated heterocycles. The van der Waals surface area contributed by atoms with E-state index >= 15 is 0 Å². The maximum atomic E-state index is 6.22. The standard InChI is InChI=1S/C15H21ClN2O.ClH/c1-3-8-19-15-5-4-13(9-14(15)16)11-18-7-6-17-12(2)10-18;/h3-5,9,12,17H,1,6-8,10-11H2,2H3;1H/t12-;/m0./s1. The first-order chi connectivity index (χ1) is 9.19. The van der Waals surface area contributed by atoms with Crippen LogP contribution in [0.15, 0.2) is 30.9 Å². The number of hydrogen-bond acceptors (Lipinski definition) is 3. The van der Waals surface area contributed by atoms with E-state index in [1.165, 1.54) is 5.56 Å². The van der Waals surface area contributed by atoms with Crippen LogP contribution in [0.3, 0.4) is 0 Å². The summed E-state index contributed by atoms with van der Waals surface area (Å²) in [6.45, 7) is 10.5. The molecule has 20 heavy (non-hydrogen) atoms. The van der Waals surface area contributed by atoms with Crippen LogP contribution in [0.2, 0.25) is 5.02 Å². The zero-order valence-electron chi connectivity index (χ0n) is 11.8. The minimum atomic E-state index is 0. The highest BCUT2D eigenvalue weighted by Crippen LogP contribution is 2.26. The fourth-order valence-corrected chi connectivity index (χ4v) is 2.58. The molecule has 0 aliphatic carbocycles. The number of halogens is 2. The molecule has 1 heterocycles. The summed E-state index contributed by atoms with van der Waals surface area (Å²) in [6, 6.07) is 6.57. The lowest BCUT2D eigenvalue weighted by Crippen LogP contribution is -2.48. The number of hydrogen-bond donors (Lipinski definition) is 1. The molecule has 1 fully saturated rings. The summed E-state index contributed by atoms with van der Waals surface area (Å²) in [7, 11) is 0. The molecule has 0 bridgehead atoms. The molecule has 3 nitrogen and oxygen atoms in total. The van der Waals surface area contributed by atoms with Crippen molar-refractivity contribution in [2.24, 2.45) is 0 Å². The number of nitrogens with zero attached hydrogens (tertiary/aromatic N) is 1. The summed E-state index contributed by atoms with van der Waals surface area (Å²) in [5, 5.41) is 4.11. The molecule has 1 aromatic carbocycles. The second kappa shape index (κ2) is 8.53. The van der Waals surface area contributed by atoms with Gasteiger partial charge in [-0.3, -0.25) is 4.90 Å². The maximum Gasteiger partial charge on any atom is 0.138 e. The van der Waals surface area contributed by atoms with Crippen LogP contribution in [0.5, 0.6) is 5.75 Å². The van der Waals surface area contributed by atoms with Crippen LogP contribution in [-0.2, 0) is 6.54 Å². The molecule has 1 atom stereocenters. The van der Waals surface area contributed by atoms with Gasteiger partial charge in [0.2, 0.25) is 0 Å². The first-order valence-electron chi connectivity index (χ1n) is 6.67. The van der Waals surface area contributed by atoms with Crippen molar-refractivity contribution in [3.63, 3.8) is 0 Å². The van der Waals surface area contributed by atoms with Crippen LogP contribution in [-0.4, -0.2) is 37.2 Å². The Balaban J connectivity index is 0.00000200. The average Bonchev–Trinajstić information content (AvgIpc) is 2.38. The lowest BCUT2D eigenvalue weighted by Gasteiger charge is -2.31. The van der Waals surface area contributed by atoms with Gasteiger partial charge in [0.15, 0.2) is 0 Å². The molecule has 1 N–H and O–H groups in total. The topological polar surface area (TPSA) is 24.5 Å². The van der Waals surface area contributed by atoms with E-state index in [-0.39, 0.29) is 12.4 Å². The van der Waals surface area contributed by atoms with Crippen molar-refractivity contribution in [3.05, 3.63) is 41.4 Å². The molecule has 0 radical (unpaired) electrons. The van der Waals surface area contributed by atoms with E-state index in [1.54, 1.807) is 6.08 Å². The van der Waals surface area contributed by atoms with E-state index in [9.17, 15) is 0 Å². The second-order valence-corrected chi connectivity index (χ2v) is 5.36. The van der Waals surface area contributed by atoms with Crippen LogP contribution < -0.4 is 10.1 Å². The fourth-order valence-electron chi connectivity index (χ4n) is 2.32. The van der Waals surface area contributed by atoms with E-state index in [0.717, 1.165) is 31.9 Å². The molecule has 1 aliphatic heterocycles. The van der Waals surface area contributed by atoms with Gasteiger partial charge in [-0.2, -0.15) is 0 Å². The summed E-state index contributed by atoms with van der Waals surface area (Å²) in [6.07, 6.45) is 1.71. The highest BCUT2D eigenvalue weighted by Gasteiger charge is 2.15. The van der Waals surface area contributed by atoms with Gasteiger partial charge in [0.05, 0.1) is 5.02 Å². The smallest absolute Gasteiger partial charge is 0.138 e. The summed E-state index contributed by atoms with van der Waals surface area (Å²) in [5.41, 5.74) is 1.23. The average molecular weight is 317 g/mol. The Morgan fingerprint density at radius 3 is 3.00 bits per heavy atom. The van der Waals surface area contributed by atoms with Gasteiger partial charge in [-0.1, -0.05) is 30.3 Å². The fraction of sp³-hybridized carbons (Fsp3) is 0.467. The van der Waals surface area contributed by atoms with Crippen molar-refractivity contribution in [2.75, 3.05) is 26.2 Å². The molecule has 0 spiro atoms. The van der Waals surface area contributed by atoms with Crippen molar-refractivity contribution in [1.82, 2.24) is 10.2 Å². The normalized spacial score (nSPS) is 19.2. The van der Waals surface area contributed by atoms with Crippen LogP contribution in [0, 0.1) is 0 Å². The lowest BCUT2D eigenvalue weighted by atomic mass is 10.1. The van der Waals surface area contributed by atoms with Crippen molar-refractivity contribution in [1.29, 1.82) is 0 Å². The largest absolute Gasteiger partial charge is 0.488 e. The molecule has 0 saturated carbocycles. The van der Waals surface area contributed by atoms with Crippen LogP contribution in [0.25, 0.3) is 0 Å². The van der Waals surface area contributed by atoms with Crippen LogP contribution in [0.1, 0.15) is 12.5 Å². The first kappa shape index (κ1) is 17.3. The van der Waals surface area contributed by atoms with Gasteiger partial charge in [0.25, 0.3) is 0 Å². The monoisotopic (exact) mass is 316 g/mol. The van der Waals surface area contributed by atoms with E-state index in [2.05, 4.69) is 29.8 Å². The van der Waals surface area contributed by atoms with Crippen molar-refractivity contribution >= 4 is 24.0 Å². The molecular formula is C15H22Cl2N2O. The Hall–Kier alpha value is -0.740. The zero-order valence-corrected chi connectivity index (χ0v) is 13.3. The molecule has 1 aliphatic rings. The molecule has 0 unspecified atom stereocenters. The molecule has 0 amide bonds. The minimum absolute atomic E-state index is 0. The van der Waals surface area contributed by atoms with Crippen molar-refractivity contribution in [3.8, 4) is 5.75 Å². The molecule has 2 rings (SSSR count). The summed E-state index contributed by atoms with van der Waals surface area (Å²) >= 11 is 6.22. The van der Waals surface area contributed by atoms with Gasteiger partial charge in [-0.25, -0.2) is 0 Å². The molecule has 0 aromatic heterocycles. The molecule has 112 valence electrons. The highest BCUT2D eigenvalue weighted by molar-refractivity contribution is 6.32. The summed E-state index contributed by atoms with van der Waals surface area (Å²) in [5.74, 6) is 0.721. The number of ether oxygens (including phenoxy) is 1. The third kappa shape index (κ3) is 4.98. The van der Waals surface area contributed by atoms with E-state index < -0.39 is 0 Å². The number of piperazine rings is 1. The van der Waals surface area contributed by atoms with Crippen molar-refractivity contribution < 1.29 is 4.74 Å². The van der Waals surface area contributed by atoms with Gasteiger partial charge in [0.1, 0.15) is 12.4 Å². The van der Waals surface area contributed by atoms with Crippen LogP contribution in [0.4, 0.5) is 0 Å². The van der Waals surface area contributed by atoms with Crippen LogP contribution >= 0.6 is 24.0 Å². The zero-order chi connectivity index (χ0) is 13.7. The highest BCUT2D eigenvalue weighted by atomic mass is 35.5. The summed E-state index contributed by atoms with van der Waals surface area (Å²) < 4.78 is 5.47.